The molecule has 27 heavy (non-hydrogen) atoms. The molecule has 1 saturated heterocycles. The summed E-state index contributed by atoms with van der Waals surface area (Å²) in [5, 5.41) is 2.93. The van der Waals surface area contributed by atoms with Crippen LogP contribution in [0, 0.1) is 13.8 Å². The van der Waals surface area contributed by atoms with Crippen LogP contribution in [0.4, 0.5) is 5.69 Å². The lowest BCUT2D eigenvalue weighted by atomic mass is 10.1. The smallest absolute Gasteiger partial charge is 0.260 e. The molecule has 0 radical (unpaired) electrons. The highest BCUT2D eigenvalue weighted by Gasteiger charge is 2.36. The molecule has 7 heteroatoms. The van der Waals surface area contributed by atoms with Crippen LogP contribution in [0.3, 0.4) is 0 Å². The summed E-state index contributed by atoms with van der Waals surface area (Å²) in [6.45, 7) is 6.29. The standard InChI is InChI=1S/C20H23N3O3S/c1-4-26-19-16(6-5-9-21-19)20(25)23-12-27-11-17(23)18(24)22-15-8-7-13(2)14(3)10-15/h5-10,17H,4,11-12H2,1-3H3,(H,22,24)/t17-/m1/s1. The first kappa shape index (κ1) is 19.2. The fourth-order valence-corrected chi connectivity index (χ4v) is 4.02. The lowest BCUT2D eigenvalue weighted by Gasteiger charge is -2.24. The van der Waals surface area contributed by atoms with E-state index < -0.39 is 6.04 Å². The second-order valence-corrected chi connectivity index (χ2v) is 7.37. The molecule has 1 aliphatic heterocycles. The van der Waals surface area contributed by atoms with Gasteiger partial charge in [-0.05, 0) is 56.2 Å². The molecule has 0 bridgehead atoms. The predicted molar refractivity (Wildman–Crippen MR) is 107 cm³/mol. The van der Waals surface area contributed by atoms with Gasteiger partial charge in [0.2, 0.25) is 11.8 Å². The molecular weight excluding hydrogens is 362 g/mol. The summed E-state index contributed by atoms with van der Waals surface area (Å²) in [7, 11) is 0. The summed E-state index contributed by atoms with van der Waals surface area (Å²) in [5.41, 5.74) is 3.40. The van der Waals surface area contributed by atoms with E-state index in [9.17, 15) is 9.59 Å². The van der Waals surface area contributed by atoms with Crippen LogP contribution < -0.4 is 10.1 Å². The first-order chi connectivity index (χ1) is 13.0. The summed E-state index contributed by atoms with van der Waals surface area (Å²) in [4.78, 5) is 31.5. The highest BCUT2D eigenvalue weighted by Crippen LogP contribution is 2.27. The van der Waals surface area contributed by atoms with Gasteiger partial charge < -0.3 is 15.0 Å². The van der Waals surface area contributed by atoms with Gasteiger partial charge in [0, 0.05) is 17.6 Å². The van der Waals surface area contributed by atoms with E-state index in [-0.39, 0.29) is 11.8 Å². The molecule has 142 valence electrons. The van der Waals surface area contributed by atoms with Crippen LogP contribution in [0.5, 0.6) is 5.88 Å². The van der Waals surface area contributed by atoms with Crippen LogP contribution >= 0.6 is 11.8 Å². The van der Waals surface area contributed by atoms with Gasteiger partial charge in [0.1, 0.15) is 11.6 Å². The number of rotatable bonds is 5. The molecule has 3 rings (SSSR count). The second kappa shape index (κ2) is 8.43. The highest BCUT2D eigenvalue weighted by molar-refractivity contribution is 7.99. The number of nitrogens with zero attached hydrogens (tertiary/aromatic N) is 2. The number of hydrogen-bond acceptors (Lipinski definition) is 5. The Labute approximate surface area is 163 Å². The Morgan fingerprint density at radius 2 is 2.11 bits per heavy atom. The summed E-state index contributed by atoms with van der Waals surface area (Å²) >= 11 is 1.56. The SMILES string of the molecule is CCOc1ncccc1C(=O)N1CSC[C@@H]1C(=O)Nc1ccc(C)c(C)c1. The van der Waals surface area contributed by atoms with Gasteiger partial charge in [-0.3, -0.25) is 9.59 Å². The lowest BCUT2D eigenvalue weighted by molar-refractivity contribution is -0.119. The molecule has 2 amide bonds. The molecule has 0 spiro atoms. The Morgan fingerprint density at radius 1 is 1.30 bits per heavy atom. The summed E-state index contributed by atoms with van der Waals surface area (Å²) in [6.07, 6.45) is 1.59. The third-order valence-electron chi connectivity index (χ3n) is 4.50. The van der Waals surface area contributed by atoms with E-state index in [4.69, 9.17) is 4.74 Å². The number of anilines is 1. The van der Waals surface area contributed by atoms with Crippen LogP contribution in [-0.4, -0.2) is 46.0 Å². The third-order valence-corrected chi connectivity index (χ3v) is 5.52. The Hall–Kier alpha value is -2.54. The summed E-state index contributed by atoms with van der Waals surface area (Å²) in [6, 6.07) is 8.64. The number of pyridine rings is 1. The number of ether oxygens (including phenoxy) is 1. The number of amides is 2. The van der Waals surface area contributed by atoms with E-state index in [0.29, 0.717) is 29.7 Å². The Morgan fingerprint density at radius 3 is 2.85 bits per heavy atom. The number of nitrogens with one attached hydrogen (secondary N) is 1. The number of carbonyl (C=O) groups is 2. The van der Waals surface area contributed by atoms with Crippen LogP contribution in [-0.2, 0) is 4.79 Å². The Kier molecular flexibility index (Phi) is 6.01. The van der Waals surface area contributed by atoms with E-state index >= 15 is 0 Å². The number of aryl methyl sites for hydroxylation is 2. The molecule has 1 N–H and O–H groups in total. The molecule has 6 nitrogen and oxygen atoms in total. The van der Waals surface area contributed by atoms with Gasteiger partial charge in [-0.1, -0.05) is 6.07 Å². The van der Waals surface area contributed by atoms with Crippen LogP contribution in [0.25, 0.3) is 0 Å². The third kappa shape index (κ3) is 4.24. The molecular formula is C20H23N3O3S. The molecule has 0 unspecified atom stereocenters. The fourth-order valence-electron chi connectivity index (χ4n) is 2.86. The zero-order chi connectivity index (χ0) is 19.4. The minimum absolute atomic E-state index is 0.182. The van der Waals surface area contributed by atoms with E-state index in [2.05, 4.69) is 10.3 Å². The first-order valence-corrected chi connectivity index (χ1v) is 10.0. The predicted octanol–water partition coefficient (Wildman–Crippen LogP) is 3.25. The maximum Gasteiger partial charge on any atom is 0.260 e. The van der Waals surface area contributed by atoms with E-state index in [1.54, 1.807) is 35.0 Å². The minimum atomic E-state index is -0.529. The van der Waals surface area contributed by atoms with Gasteiger partial charge in [0.15, 0.2) is 0 Å². The number of carbonyl (C=O) groups excluding carboxylic acids is 2. The maximum absolute atomic E-state index is 13.0. The van der Waals surface area contributed by atoms with Crippen molar-refractivity contribution in [2.75, 3.05) is 23.6 Å². The molecule has 0 aliphatic carbocycles. The van der Waals surface area contributed by atoms with Gasteiger partial charge >= 0.3 is 0 Å². The minimum Gasteiger partial charge on any atom is -0.477 e. The zero-order valence-electron chi connectivity index (χ0n) is 15.7. The Balaban J connectivity index is 1.77. The lowest BCUT2D eigenvalue weighted by Crippen LogP contribution is -2.44. The van der Waals surface area contributed by atoms with Crippen LogP contribution in [0.1, 0.15) is 28.4 Å². The van der Waals surface area contributed by atoms with Crippen molar-refractivity contribution in [3.8, 4) is 5.88 Å². The Bertz CT molecular complexity index is 856. The first-order valence-electron chi connectivity index (χ1n) is 8.86. The average molecular weight is 385 g/mol. The van der Waals surface area contributed by atoms with Gasteiger partial charge in [0.05, 0.1) is 12.5 Å². The normalized spacial score (nSPS) is 16.3. The molecule has 1 aromatic heterocycles. The van der Waals surface area contributed by atoms with Crippen LogP contribution in [0.15, 0.2) is 36.5 Å². The monoisotopic (exact) mass is 385 g/mol. The topological polar surface area (TPSA) is 71.5 Å². The summed E-state index contributed by atoms with van der Waals surface area (Å²) in [5.74, 6) is 0.905. The van der Waals surface area contributed by atoms with Crippen molar-refractivity contribution >= 4 is 29.3 Å². The zero-order valence-corrected chi connectivity index (χ0v) is 16.5. The average Bonchev–Trinajstić information content (AvgIpc) is 3.15. The van der Waals surface area contributed by atoms with Crippen molar-refractivity contribution in [2.24, 2.45) is 0 Å². The van der Waals surface area contributed by atoms with Crippen molar-refractivity contribution < 1.29 is 14.3 Å². The molecule has 0 saturated carbocycles. The number of hydrogen-bond donors (Lipinski definition) is 1. The van der Waals surface area contributed by atoms with E-state index in [1.165, 1.54) is 5.56 Å². The molecule has 2 aromatic rings. The van der Waals surface area contributed by atoms with Crippen LogP contribution in [0.2, 0.25) is 0 Å². The van der Waals surface area contributed by atoms with Crippen molar-refractivity contribution in [1.82, 2.24) is 9.88 Å². The van der Waals surface area contributed by atoms with Crippen molar-refractivity contribution in [3.63, 3.8) is 0 Å². The van der Waals surface area contributed by atoms with Gasteiger partial charge in [-0.25, -0.2) is 4.98 Å². The van der Waals surface area contributed by atoms with E-state index in [0.717, 1.165) is 11.3 Å². The number of benzene rings is 1. The van der Waals surface area contributed by atoms with Crippen molar-refractivity contribution in [1.29, 1.82) is 0 Å². The molecule has 1 fully saturated rings. The quantitative estimate of drug-likeness (QED) is 0.855. The van der Waals surface area contributed by atoms with Gasteiger partial charge in [-0.15, -0.1) is 11.8 Å². The second-order valence-electron chi connectivity index (χ2n) is 6.37. The highest BCUT2D eigenvalue weighted by atomic mass is 32.2. The maximum atomic E-state index is 13.0. The fraction of sp³-hybridized carbons (Fsp3) is 0.350. The van der Waals surface area contributed by atoms with E-state index in [1.807, 2.05) is 39.0 Å². The number of thioether (sulfide) groups is 1. The molecule has 1 aliphatic rings. The molecule has 2 heterocycles. The van der Waals surface area contributed by atoms with Crippen molar-refractivity contribution in [2.45, 2.75) is 26.8 Å². The molecule has 1 aromatic carbocycles. The molecule has 1 atom stereocenters. The number of aromatic nitrogens is 1. The van der Waals surface area contributed by atoms with Crippen molar-refractivity contribution in [3.05, 3.63) is 53.2 Å². The summed E-state index contributed by atoms with van der Waals surface area (Å²) < 4.78 is 5.47. The van der Waals surface area contributed by atoms with Gasteiger partial charge in [-0.2, -0.15) is 0 Å². The largest absolute Gasteiger partial charge is 0.477 e. The van der Waals surface area contributed by atoms with Gasteiger partial charge in [0.25, 0.3) is 5.91 Å².